The zero-order chi connectivity index (χ0) is 17.2. The Balaban J connectivity index is 0. The molecule has 0 N–H and O–H groups in total. The van der Waals surface area contributed by atoms with Crippen LogP contribution >= 0.6 is 0 Å². The van der Waals surface area contributed by atoms with E-state index < -0.39 is 0 Å². The second-order valence-electron chi connectivity index (χ2n) is 4.12. The van der Waals surface area contributed by atoms with Gasteiger partial charge in [0.2, 0.25) is 0 Å². The van der Waals surface area contributed by atoms with Crippen LogP contribution in [0.15, 0.2) is 60.7 Å². The van der Waals surface area contributed by atoms with E-state index in [2.05, 4.69) is 74.2 Å². The van der Waals surface area contributed by atoms with Crippen LogP contribution in [0.25, 0.3) is 0 Å². The molecule has 0 radical (unpaired) electrons. The third kappa shape index (κ3) is 9.23. The molecule has 2 aromatic carbocycles. The van der Waals surface area contributed by atoms with Crippen molar-refractivity contribution in [3.8, 4) is 0 Å². The number of para-hydroxylation sites is 2. The van der Waals surface area contributed by atoms with Gasteiger partial charge >= 0.3 is 0 Å². The fraction of sp³-hybridized carbons (Fsp3) is 0.429. The minimum absolute atomic E-state index is 0.980. The first-order valence-corrected chi connectivity index (χ1v) is 8.71. The summed E-state index contributed by atoms with van der Waals surface area (Å²) in [6.45, 7) is 15.4. The van der Waals surface area contributed by atoms with E-state index in [1.165, 1.54) is 17.8 Å². The normalized spacial score (nSPS) is 8.14. The maximum atomic E-state index is 2.29. The van der Waals surface area contributed by atoms with E-state index in [1.54, 1.807) is 0 Å². The summed E-state index contributed by atoms with van der Waals surface area (Å²) >= 11 is 0. The smallest absolute Gasteiger partial charge is 0.0410 e. The molecule has 0 spiro atoms. The van der Waals surface area contributed by atoms with Crippen LogP contribution in [0.3, 0.4) is 0 Å². The Morgan fingerprint density at radius 3 is 1.09 bits per heavy atom. The molecule has 0 saturated heterocycles. The molecule has 22 heavy (non-hydrogen) atoms. The molecule has 2 aromatic rings. The number of hydrogen-bond donors (Lipinski definition) is 0. The molecule has 0 heterocycles. The van der Waals surface area contributed by atoms with E-state index in [4.69, 9.17) is 0 Å². The van der Waals surface area contributed by atoms with Gasteiger partial charge in [-0.3, -0.25) is 0 Å². The molecule has 124 valence electrons. The quantitative estimate of drug-likeness (QED) is 0.574. The lowest BCUT2D eigenvalue weighted by Crippen LogP contribution is -2.15. The van der Waals surface area contributed by atoms with Gasteiger partial charge in [-0.05, 0) is 31.2 Å². The van der Waals surface area contributed by atoms with Crippen LogP contribution in [0.5, 0.6) is 0 Å². The lowest BCUT2D eigenvalue weighted by atomic mass is 10.2. The fourth-order valence-electron chi connectivity index (χ4n) is 1.73. The first-order valence-electron chi connectivity index (χ1n) is 8.71. The first kappa shape index (κ1) is 22.5. The molecule has 0 aromatic heterocycles. The first-order chi connectivity index (χ1) is 10.8. The van der Waals surface area contributed by atoms with Crippen LogP contribution in [0.4, 0.5) is 11.4 Å². The molecule has 2 rings (SSSR count). The van der Waals surface area contributed by atoms with Gasteiger partial charge in [-0.15, -0.1) is 0 Å². The van der Waals surface area contributed by atoms with Gasteiger partial charge in [-0.25, -0.2) is 0 Å². The van der Waals surface area contributed by atoms with Crippen molar-refractivity contribution in [2.24, 2.45) is 0 Å². The third-order valence-electron chi connectivity index (χ3n) is 2.45. The number of nitrogens with zero attached hydrogens (tertiary/aromatic N) is 1. The molecular formula is C21H35N. The summed E-state index contributed by atoms with van der Waals surface area (Å²) in [5.41, 5.74) is 2.48. The summed E-state index contributed by atoms with van der Waals surface area (Å²) in [6.07, 6.45) is 1.25. The second kappa shape index (κ2) is 17.3. The minimum atomic E-state index is 0.980. The monoisotopic (exact) mass is 301 g/mol. The van der Waals surface area contributed by atoms with Crippen LogP contribution < -0.4 is 4.90 Å². The summed E-state index contributed by atoms with van der Waals surface area (Å²) in [5.74, 6) is 0. The topological polar surface area (TPSA) is 3.24 Å². The van der Waals surface area contributed by atoms with E-state index in [0.717, 1.165) is 6.54 Å². The predicted molar refractivity (Wildman–Crippen MR) is 104 cm³/mol. The highest BCUT2D eigenvalue weighted by Gasteiger charge is 2.04. The van der Waals surface area contributed by atoms with Gasteiger partial charge in [0.1, 0.15) is 0 Å². The fourth-order valence-corrected chi connectivity index (χ4v) is 1.73. The molecule has 0 aliphatic heterocycles. The van der Waals surface area contributed by atoms with Crippen LogP contribution in [0.2, 0.25) is 0 Å². The van der Waals surface area contributed by atoms with Gasteiger partial charge in [-0.2, -0.15) is 0 Å². The Hall–Kier alpha value is -1.76. The number of anilines is 2. The number of benzene rings is 2. The summed E-state index contributed by atoms with van der Waals surface area (Å²) in [5, 5.41) is 0. The molecule has 0 aliphatic carbocycles. The Morgan fingerprint density at radius 1 is 0.591 bits per heavy atom. The molecule has 0 fully saturated rings. The molecule has 0 amide bonds. The molecule has 0 saturated carbocycles. The maximum Gasteiger partial charge on any atom is 0.0410 e. The number of hydrogen-bond acceptors (Lipinski definition) is 1. The van der Waals surface area contributed by atoms with Crippen LogP contribution in [-0.2, 0) is 0 Å². The lowest BCUT2D eigenvalue weighted by molar-refractivity contribution is 1.02. The molecule has 0 bridgehead atoms. The largest absolute Gasteiger partial charge is 0.342 e. The van der Waals surface area contributed by atoms with E-state index in [0.29, 0.717) is 0 Å². The molecule has 0 unspecified atom stereocenters. The van der Waals surface area contributed by atoms with Crippen LogP contribution in [-0.4, -0.2) is 6.54 Å². The SMILES string of the molecule is CC.CC.CCC.CCN(c1ccccc1)c1ccccc1. The van der Waals surface area contributed by atoms with Crippen molar-refractivity contribution in [2.75, 3.05) is 11.4 Å². The van der Waals surface area contributed by atoms with E-state index in [-0.39, 0.29) is 0 Å². The van der Waals surface area contributed by atoms with Crippen molar-refractivity contribution in [2.45, 2.75) is 54.9 Å². The highest BCUT2D eigenvalue weighted by Crippen LogP contribution is 2.23. The highest BCUT2D eigenvalue weighted by atomic mass is 15.1. The van der Waals surface area contributed by atoms with Gasteiger partial charge in [0.05, 0.1) is 0 Å². The average molecular weight is 302 g/mol. The van der Waals surface area contributed by atoms with Crippen molar-refractivity contribution >= 4 is 11.4 Å². The van der Waals surface area contributed by atoms with Gasteiger partial charge in [0, 0.05) is 17.9 Å². The lowest BCUT2D eigenvalue weighted by Gasteiger charge is -2.23. The van der Waals surface area contributed by atoms with E-state index in [9.17, 15) is 0 Å². The van der Waals surface area contributed by atoms with E-state index >= 15 is 0 Å². The van der Waals surface area contributed by atoms with Crippen molar-refractivity contribution in [3.05, 3.63) is 60.7 Å². The molecule has 0 atom stereocenters. The second-order valence-corrected chi connectivity index (χ2v) is 4.12. The maximum absolute atomic E-state index is 2.29. The van der Waals surface area contributed by atoms with Crippen LogP contribution in [0, 0.1) is 0 Å². The Labute approximate surface area is 139 Å². The molecule has 1 heteroatoms. The molecule has 0 aliphatic rings. The summed E-state index contributed by atoms with van der Waals surface area (Å²) < 4.78 is 0. The predicted octanol–water partition coefficient (Wildman–Crippen LogP) is 7.31. The van der Waals surface area contributed by atoms with Crippen molar-refractivity contribution in [1.29, 1.82) is 0 Å². The van der Waals surface area contributed by atoms with Crippen molar-refractivity contribution in [3.63, 3.8) is 0 Å². The Kier molecular flexibility index (Phi) is 17.7. The average Bonchev–Trinajstić information content (AvgIpc) is 2.62. The Morgan fingerprint density at radius 2 is 0.864 bits per heavy atom. The Bertz CT molecular complexity index is 369. The summed E-state index contributed by atoms with van der Waals surface area (Å²) in [6, 6.07) is 20.9. The van der Waals surface area contributed by atoms with Gasteiger partial charge in [-0.1, -0.05) is 84.4 Å². The zero-order valence-corrected chi connectivity index (χ0v) is 15.6. The third-order valence-corrected chi connectivity index (χ3v) is 2.45. The van der Waals surface area contributed by atoms with Gasteiger partial charge in [0.25, 0.3) is 0 Å². The molecular weight excluding hydrogens is 266 g/mol. The standard InChI is InChI=1S/C14H15N.C3H8.2C2H6/c1-2-15(13-9-5-3-6-10-13)14-11-7-4-8-12-14;1-3-2;2*1-2/h3-12H,2H2,1H3;3H2,1-2H3;2*1-2H3. The highest BCUT2D eigenvalue weighted by molar-refractivity contribution is 5.62. The van der Waals surface area contributed by atoms with E-state index in [1.807, 2.05) is 39.8 Å². The van der Waals surface area contributed by atoms with Gasteiger partial charge in [0.15, 0.2) is 0 Å². The minimum Gasteiger partial charge on any atom is -0.342 e. The number of rotatable bonds is 3. The summed E-state index contributed by atoms with van der Waals surface area (Å²) in [7, 11) is 0. The van der Waals surface area contributed by atoms with Crippen molar-refractivity contribution in [1.82, 2.24) is 0 Å². The zero-order valence-electron chi connectivity index (χ0n) is 15.6. The molecule has 1 nitrogen and oxygen atoms in total. The van der Waals surface area contributed by atoms with Gasteiger partial charge < -0.3 is 4.90 Å². The van der Waals surface area contributed by atoms with Crippen LogP contribution in [0.1, 0.15) is 54.9 Å². The summed E-state index contributed by atoms with van der Waals surface area (Å²) in [4.78, 5) is 2.29. The van der Waals surface area contributed by atoms with Crippen molar-refractivity contribution < 1.29 is 0 Å².